The molecule has 0 bridgehead atoms. The maximum atomic E-state index is 12.4. The van der Waals surface area contributed by atoms with Gasteiger partial charge in [0.15, 0.2) is 5.11 Å². The van der Waals surface area contributed by atoms with Gasteiger partial charge in [-0.3, -0.25) is 14.9 Å². The average Bonchev–Trinajstić information content (AvgIpc) is 2.65. The van der Waals surface area contributed by atoms with Crippen molar-refractivity contribution in [2.75, 3.05) is 11.9 Å². The fraction of sp³-hybridized carbons (Fsp3) is 0.318. The van der Waals surface area contributed by atoms with Crippen LogP contribution in [0, 0.1) is 0 Å². The van der Waals surface area contributed by atoms with E-state index >= 15 is 0 Å². The second kappa shape index (κ2) is 10.0. The molecule has 2 amide bonds. The summed E-state index contributed by atoms with van der Waals surface area (Å²) in [5.41, 5.74) is 1.22. The number of rotatable bonds is 6. The highest BCUT2D eigenvalue weighted by molar-refractivity contribution is 7.80. The van der Waals surface area contributed by atoms with E-state index in [-0.39, 0.29) is 22.5 Å². The van der Waals surface area contributed by atoms with Gasteiger partial charge in [0.05, 0.1) is 6.61 Å². The van der Waals surface area contributed by atoms with Gasteiger partial charge in [0.2, 0.25) is 0 Å². The molecular weight excluding hydrogens is 386 g/mol. The van der Waals surface area contributed by atoms with Crippen molar-refractivity contribution in [2.45, 2.75) is 39.7 Å². The molecule has 7 heteroatoms. The Hall–Kier alpha value is -2.93. The van der Waals surface area contributed by atoms with Gasteiger partial charge < -0.3 is 15.4 Å². The number of nitrogens with one attached hydrogen (secondary N) is 3. The molecule has 29 heavy (non-hydrogen) atoms. The van der Waals surface area contributed by atoms with Crippen LogP contribution in [0.25, 0.3) is 0 Å². The Bertz CT molecular complexity index is 891. The molecule has 2 aromatic rings. The van der Waals surface area contributed by atoms with Crippen LogP contribution in [0.15, 0.2) is 48.5 Å². The van der Waals surface area contributed by atoms with Crippen LogP contribution in [0.4, 0.5) is 5.69 Å². The molecule has 0 saturated heterocycles. The lowest BCUT2D eigenvalue weighted by Crippen LogP contribution is -2.40. The van der Waals surface area contributed by atoms with Crippen LogP contribution in [-0.4, -0.2) is 29.1 Å². The maximum absolute atomic E-state index is 12.4. The Morgan fingerprint density at radius 1 is 1.00 bits per heavy atom. The van der Waals surface area contributed by atoms with E-state index in [9.17, 15) is 9.59 Å². The number of hydrogen-bond donors (Lipinski definition) is 3. The van der Waals surface area contributed by atoms with Gasteiger partial charge in [-0.05, 0) is 75.8 Å². The molecule has 0 saturated carbocycles. The van der Waals surface area contributed by atoms with E-state index in [1.807, 2.05) is 27.7 Å². The largest absolute Gasteiger partial charge is 0.494 e. The fourth-order valence-corrected chi connectivity index (χ4v) is 2.65. The third-order valence-corrected chi connectivity index (χ3v) is 3.87. The monoisotopic (exact) mass is 413 g/mol. The van der Waals surface area contributed by atoms with E-state index in [0.29, 0.717) is 29.2 Å². The lowest BCUT2D eigenvalue weighted by atomic mass is 10.1. The van der Waals surface area contributed by atoms with E-state index < -0.39 is 0 Å². The molecule has 6 nitrogen and oxygen atoms in total. The van der Waals surface area contributed by atoms with E-state index in [1.165, 1.54) is 0 Å². The van der Waals surface area contributed by atoms with Gasteiger partial charge in [-0.15, -0.1) is 0 Å². The van der Waals surface area contributed by atoms with Gasteiger partial charge in [0.1, 0.15) is 5.75 Å². The van der Waals surface area contributed by atoms with Crippen molar-refractivity contribution in [3.63, 3.8) is 0 Å². The smallest absolute Gasteiger partial charge is 0.257 e. The van der Waals surface area contributed by atoms with Crippen LogP contribution in [0.3, 0.4) is 0 Å². The Morgan fingerprint density at radius 3 is 2.31 bits per heavy atom. The Labute approximate surface area is 177 Å². The van der Waals surface area contributed by atoms with Gasteiger partial charge >= 0.3 is 0 Å². The topological polar surface area (TPSA) is 79.5 Å². The lowest BCUT2D eigenvalue weighted by Gasteiger charge is -2.20. The van der Waals surface area contributed by atoms with Gasteiger partial charge in [-0.1, -0.05) is 19.1 Å². The maximum Gasteiger partial charge on any atom is 0.257 e. The minimum atomic E-state index is -0.342. The Morgan fingerprint density at radius 2 is 1.66 bits per heavy atom. The standard InChI is InChI=1S/C22H27N3O3S/c1-5-12-28-18-11-7-9-16(14-18)19(26)24-21(29)23-17-10-6-8-15(13-17)20(27)25-22(2,3)4/h6-11,13-14H,5,12H2,1-4H3,(H,25,27)(H2,23,24,26,29). The number of amides is 2. The van der Waals surface area contributed by atoms with Crippen molar-refractivity contribution in [1.29, 1.82) is 0 Å². The Kier molecular flexibility index (Phi) is 7.73. The zero-order chi connectivity index (χ0) is 21.4. The van der Waals surface area contributed by atoms with Crippen molar-refractivity contribution in [1.82, 2.24) is 10.6 Å². The summed E-state index contributed by atoms with van der Waals surface area (Å²) in [6.07, 6.45) is 0.886. The van der Waals surface area contributed by atoms with Gasteiger partial charge in [-0.25, -0.2) is 0 Å². The van der Waals surface area contributed by atoms with Crippen molar-refractivity contribution in [2.24, 2.45) is 0 Å². The summed E-state index contributed by atoms with van der Waals surface area (Å²) in [5.74, 6) is 0.113. The molecule has 0 unspecified atom stereocenters. The first-order valence-corrected chi connectivity index (χ1v) is 9.86. The number of thiocarbonyl (C=S) groups is 1. The molecule has 0 spiro atoms. The van der Waals surface area contributed by atoms with Crippen LogP contribution in [0.5, 0.6) is 5.75 Å². The third kappa shape index (κ3) is 7.54. The lowest BCUT2D eigenvalue weighted by molar-refractivity contribution is 0.0918. The summed E-state index contributed by atoms with van der Waals surface area (Å²) in [5, 5.41) is 8.63. The van der Waals surface area contributed by atoms with Crippen molar-refractivity contribution >= 4 is 34.8 Å². The molecule has 0 aliphatic heterocycles. The summed E-state index contributed by atoms with van der Waals surface area (Å²) < 4.78 is 5.55. The second-order valence-corrected chi connectivity index (χ2v) is 7.98. The molecular formula is C22H27N3O3S. The summed E-state index contributed by atoms with van der Waals surface area (Å²) in [6.45, 7) is 8.35. The molecule has 0 heterocycles. The second-order valence-electron chi connectivity index (χ2n) is 7.57. The highest BCUT2D eigenvalue weighted by Crippen LogP contribution is 2.15. The SMILES string of the molecule is CCCOc1cccc(C(=O)NC(=S)Nc2cccc(C(=O)NC(C)(C)C)c2)c1. The van der Waals surface area contributed by atoms with Gasteiger partial charge in [0.25, 0.3) is 11.8 Å². The number of ether oxygens (including phenoxy) is 1. The summed E-state index contributed by atoms with van der Waals surface area (Å²) in [7, 11) is 0. The molecule has 0 fully saturated rings. The molecule has 0 aromatic heterocycles. The number of benzene rings is 2. The van der Waals surface area contributed by atoms with Crippen LogP contribution >= 0.6 is 12.2 Å². The van der Waals surface area contributed by atoms with Crippen LogP contribution in [0.2, 0.25) is 0 Å². The van der Waals surface area contributed by atoms with E-state index in [0.717, 1.165) is 6.42 Å². The molecule has 0 atom stereocenters. The molecule has 0 radical (unpaired) electrons. The zero-order valence-electron chi connectivity index (χ0n) is 17.2. The predicted octanol–water partition coefficient (Wildman–Crippen LogP) is 4.13. The molecule has 2 rings (SSSR count). The fourth-order valence-electron chi connectivity index (χ4n) is 2.44. The van der Waals surface area contributed by atoms with E-state index in [1.54, 1.807) is 48.5 Å². The minimum Gasteiger partial charge on any atom is -0.494 e. The van der Waals surface area contributed by atoms with Crippen molar-refractivity contribution < 1.29 is 14.3 Å². The van der Waals surface area contributed by atoms with Crippen LogP contribution in [-0.2, 0) is 0 Å². The van der Waals surface area contributed by atoms with Crippen molar-refractivity contribution in [3.8, 4) is 5.75 Å². The number of hydrogen-bond acceptors (Lipinski definition) is 4. The molecule has 2 aromatic carbocycles. The first kappa shape index (κ1) is 22.4. The van der Waals surface area contributed by atoms with Gasteiger partial charge in [0, 0.05) is 22.4 Å². The molecule has 0 aliphatic rings. The highest BCUT2D eigenvalue weighted by atomic mass is 32.1. The highest BCUT2D eigenvalue weighted by Gasteiger charge is 2.16. The number of anilines is 1. The third-order valence-electron chi connectivity index (χ3n) is 3.67. The van der Waals surface area contributed by atoms with E-state index in [2.05, 4.69) is 16.0 Å². The predicted molar refractivity (Wildman–Crippen MR) is 120 cm³/mol. The first-order valence-electron chi connectivity index (χ1n) is 9.46. The minimum absolute atomic E-state index is 0.142. The average molecular weight is 414 g/mol. The molecule has 0 aliphatic carbocycles. The first-order chi connectivity index (χ1) is 13.7. The van der Waals surface area contributed by atoms with Crippen LogP contribution < -0.4 is 20.7 Å². The zero-order valence-corrected chi connectivity index (χ0v) is 18.0. The van der Waals surface area contributed by atoms with Crippen molar-refractivity contribution in [3.05, 3.63) is 59.7 Å². The molecule has 3 N–H and O–H groups in total. The Balaban J connectivity index is 1.99. The van der Waals surface area contributed by atoms with E-state index in [4.69, 9.17) is 17.0 Å². The summed E-state index contributed by atoms with van der Waals surface area (Å²) in [4.78, 5) is 24.8. The number of carbonyl (C=O) groups is 2. The normalized spacial score (nSPS) is 10.8. The van der Waals surface area contributed by atoms with Gasteiger partial charge in [-0.2, -0.15) is 0 Å². The summed E-state index contributed by atoms with van der Waals surface area (Å²) >= 11 is 5.24. The van der Waals surface area contributed by atoms with Crippen LogP contribution in [0.1, 0.15) is 54.8 Å². The summed E-state index contributed by atoms with van der Waals surface area (Å²) in [6, 6.07) is 13.8. The quantitative estimate of drug-likeness (QED) is 0.621. The number of carbonyl (C=O) groups excluding carboxylic acids is 2. The molecule has 154 valence electrons.